The lowest BCUT2D eigenvalue weighted by Crippen LogP contribution is -2.08. The second kappa shape index (κ2) is 8.31. The Bertz CT molecular complexity index is 572. The molecule has 110 valence electrons. The Morgan fingerprint density at radius 3 is 2.38 bits per heavy atom. The highest BCUT2D eigenvalue weighted by atomic mass is 16.5. The van der Waals surface area contributed by atoms with E-state index < -0.39 is 17.8 Å². The zero-order valence-electron chi connectivity index (χ0n) is 11.4. The summed E-state index contributed by atoms with van der Waals surface area (Å²) < 4.78 is 4.75. The summed E-state index contributed by atoms with van der Waals surface area (Å²) >= 11 is 0. The Kier molecular flexibility index (Phi) is 6.40. The first-order valence-electron chi connectivity index (χ1n) is 6.18. The number of aliphatic carboxylic acids is 1. The van der Waals surface area contributed by atoms with Gasteiger partial charge in [0.1, 0.15) is 0 Å². The zero-order valence-corrected chi connectivity index (χ0v) is 11.4. The summed E-state index contributed by atoms with van der Waals surface area (Å²) in [5.41, 5.74) is 1.28. The first kappa shape index (κ1) is 16.2. The maximum atomic E-state index is 11.4. The Morgan fingerprint density at radius 2 is 1.81 bits per heavy atom. The van der Waals surface area contributed by atoms with Gasteiger partial charge in [0.25, 0.3) is 0 Å². The molecule has 21 heavy (non-hydrogen) atoms. The number of anilines is 1. The average Bonchev–Trinajstić information content (AvgIpc) is 2.45. The molecule has 0 saturated heterocycles. The number of rotatable bonds is 6. The molecule has 0 fully saturated rings. The van der Waals surface area contributed by atoms with Crippen LogP contribution in [0.15, 0.2) is 42.5 Å². The molecule has 0 aliphatic heterocycles. The van der Waals surface area contributed by atoms with E-state index in [2.05, 4.69) is 5.32 Å². The minimum Gasteiger partial charge on any atom is -0.478 e. The molecule has 6 nitrogen and oxygen atoms in total. The van der Waals surface area contributed by atoms with Crippen molar-refractivity contribution in [2.75, 3.05) is 11.9 Å². The molecule has 0 saturated carbocycles. The fourth-order valence-electron chi connectivity index (χ4n) is 1.36. The van der Waals surface area contributed by atoms with Crippen LogP contribution < -0.4 is 5.32 Å². The molecule has 6 heteroatoms. The van der Waals surface area contributed by atoms with Crippen molar-refractivity contribution >= 4 is 29.6 Å². The third-order valence-electron chi connectivity index (χ3n) is 2.25. The van der Waals surface area contributed by atoms with E-state index in [1.807, 2.05) is 0 Å². The number of nitrogens with one attached hydrogen (secondary N) is 1. The molecule has 1 amide bonds. The van der Waals surface area contributed by atoms with Crippen LogP contribution in [0.3, 0.4) is 0 Å². The molecular formula is C15H15NO5. The third-order valence-corrected chi connectivity index (χ3v) is 2.25. The van der Waals surface area contributed by atoms with Crippen molar-refractivity contribution in [1.29, 1.82) is 0 Å². The molecule has 0 aromatic heterocycles. The molecule has 0 atom stereocenters. The van der Waals surface area contributed by atoms with E-state index in [-0.39, 0.29) is 0 Å². The van der Waals surface area contributed by atoms with E-state index in [0.29, 0.717) is 12.3 Å². The second-order valence-corrected chi connectivity index (χ2v) is 3.87. The second-order valence-electron chi connectivity index (χ2n) is 3.87. The summed E-state index contributed by atoms with van der Waals surface area (Å²) in [4.78, 5) is 32.7. The molecule has 0 bridgehead atoms. The van der Waals surface area contributed by atoms with Crippen LogP contribution in [0.4, 0.5) is 5.69 Å². The van der Waals surface area contributed by atoms with Crippen LogP contribution >= 0.6 is 0 Å². The van der Waals surface area contributed by atoms with Crippen LogP contribution in [0, 0.1) is 0 Å². The SMILES string of the molecule is CCOC(=O)/C=C/c1ccc(NC(=O)/C=C/C(=O)O)cc1. The van der Waals surface area contributed by atoms with E-state index in [1.165, 1.54) is 6.08 Å². The number of hydrogen-bond donors (Lipinski definition) is 2. The predicted octanol–water partition coefficient (Wildman–Crippen LogP) is 1.84. The first-order chi connectivity index (χ1) is 10.0. The summed E-state index contributed by atoms with van der Waals surface area (Å²) in [6.07, 6.45) is 4.59. The predicted molar refractivity (Wildman–Crippen MR) is 77.5 cm³/mol. The highest BCUT2D eigenvalue weighted by molar-refractivity contribution is 6.02. The summed E-state index contributed by atoms with van der Waals surface area (Å²) in [5, 5.41) is 10.9. The Morgan fingerprint density at radius 1 is 1.14 bits per heavy atom. The van der Waals surface area contributed by atoms with Gasteiger partial charge in [-0.25, -0.2) is 9.59 Å². The van der Waals surface area contributed by atoms with Gasteiger partial charge in [0.2, 0.25) is 5.91 Å². The fourth-order valence-corrected chi connectivity index (χ4v) is 1.36. The first-order valence-corrected chi connectivity index (χ1v) is 6.18. The van der Waals surface area contributed by atoms with Crippen LogP contribution in [0.25, 0.3) is 6.08 Å². The molecule has 1 aromatic carbocycles. The Balaban J connectivity index is 2.60. The normalized spacial score (nSPS) is 10.7. The minimum atomic E-state index is -1.19. The standard InChI is InChI=1S/C15H15NO5/c1-2-21-15(20)10-5-11-3-6-12(7-4-11)16-13(17)8-9-14(18)19/h3-10H,2H2,1H3,(H,16,17)(H,18,19)/b9-8+,10-5+. The molecule has 0 unspecified atom stereocenters. The maximum Gasteiger partial charge on any atom is 0.330 e. The number of esters is 1. The topological polar surface area (TPSA) is 92.7 Å². The van der Waals surface area contributed by atoms with E-state index in [9.17, 15) is 14.4 Å². The molecule has 0 radical (unpaired) electrons. The molecule has 0 aliphatic carbocycles. The van der Waals surface area contributed by atoms with Gasteiger partial charge in [0, 0.05) is 23.9 Å². The molecule has 2 N–H and O–H groups in total. The highest BCUT2D eigenvalue weighted by Crippen LogP contribution is 2.11. The van der Waals surface area contributed by atoms with Crippen molar-refractivity contribution in [2.45, 2.75) is 6.92 Å². The van der Waals surface area contributed by atoms with E-state index >= 15 is 0 Å². The van der Waals surface area contributed by atoms with Crippen LogP contribution in [0.5, 0.6) is 0 Å². The number of ether oxygens (including phenoxy) is 1. The van der Waals surface area contributed by atoms with Gasteiger partial charge in [-0.1, -0.05) is 12.1 Å². The summed E-state index contributed by atoms with van der Waals surface area (Å²) in [6.45, 7) is 2.04. The lowest BCUT2D eigenvalue weighted by molar-refractivity contribution is -0.137. The van der Waals surface area contributed by atoms with Crippen molar-refractivity contribution < 1.29 is 24.2 Å². The van der Waals surface area contributed by atoms with E-state index in [1.54, 1.807) is 37.3 Å². The fraction of sp³-hybridized carbons (Fsp3) is 0.133. The number of amides is 1. The third kappa shape index (κ3) is 6.72. The molecule has 1 rings (SSSR count). The zero-order chi connectivity index (χ0) is 15.7. The smallest absolute Gasteiger partial charge is 0.330 e. The molecule has 0 heterocycles. The lowest BCUT2D eigenvalue weighted by atomic mass is 10.2. The van der Waals surface area contributed by atoms with Gasteiger partial charge in [-0.05, 0) is 30.7 Å². The van der Waals surface area contributed by atoms with Crippen molar-refractivity contribution in [1.82, 2.24) is 0 Å². The van der Waals surface area contributed by atoms with Gasteiger partial charge in [0.05, 0.1) is 6.61 Å². The minimum absolute atomic E-state index is 0.317. The van der Waals surface area contributed by atoms with E-state index in [0.717, 1.165) is 17.7 Å². The molecule has 1 aromatic rings. The number of hydrogen-bond acceptors (Lipinski definition) is 4. The van der Waals surface area contributed by atoms with E-state index in [4.69, 9.17) is 9.84 Å². The van der Waals surface area contributed by atoms with Crippen molar-refractivity contribution in [3.8, 4) is 0 Å². The quantitative estimate of drug-likeness (QED) is 0.615. The maximum absolute atomic E-state index is 11.4. The monoisotopic (exact) mass is 289 g/mol. The van der Waals surface area contributed by atoms with Gasteiger partial charge in [-0.15, -0.1) is 0 Å². The van der Waals surface area contributed by atoms with Gasteiger partial charge in [-0.2, -0.15) is 0 Å². The Labute approximate surface area is 121 Å². The summed E-state index contributed by atoms with van der Waals surface area (Å²) in [6, 6.07) is 6.67. The molecule has 0 aliphatic rings. The summed E-state index contributed by atoms with van der Waals surface area (Å²) in [5.74, 6) is -2.15. The Hall–Kier alpha value is -2.89. The van der Waals surface area contributed by atoms with Crippen molar-refractivity contribution in [2.24, 2.45) is 0 Å². The molecule has 0 spiro atoms. The average molecular weight is 289 g/mol. The van der Waals surface area contributed by atoms with Crippen molar-refractivity contribution in [3.63, 3.8) is 0 Å². The number of carbonyl (C=O) groups excluding carboxylic acids is 2. The van der Waals surface area contributed by atoms with Crippen molar-refractivity contribution in [3.05, 3.63) is 48.1 Å². The van der Waals surface area contributed by atoms with Gasteiger partial charge < -0.3 is 15.2 Å². The number of benzene rings is 1. The lowest BCUT2D eigenvalue weighted by Gasteiger charge is -2.02. The number of carboxylic acids is 1. The number of carboxylic acid groups (broad SMARTS) is 1. The van der Waals surface area contributed by atoms with Crippen LogP contribution in [-0.2, 0) is 19.1 Å². The molecular weight excluding hydrogens is 274 g/mol. The van der Waals surface area contributed by atoms with Gasteiger partial charge >= 0.3 is 11.9 Å². The van der Waals surface area contributed by atoms with Gasteiger partial charge in [0.15, 0.2) is 0 Å². The summed E-state index contributed by atoms with van der Waals surface area (Å²) in [7, 11) is 0. The van der Waals surface area contributed by atoms with Crippen LogP contribution in [0.1, 0.15) is 12.5 Å². The van der Waals surface area contributed by atoms with Crippen LogP contribution in [0.2, 0.25) is 0 Å². The number of carbonyl (C=O) groups is 3. The largest absolute Gasteiger partial charge is 0.478 e. The van der Waals surface area contributed by atoms with Gasteiger partial charge in [-0.3, -0.25) is 4.79 Å². The van der Waals surface area contributed by atoms with Crippen LogP contribution in [-0.4, -0.2) is 29.6 Å². The highest BCUT2D eigenvalue weighted by Gasteiger charge is 1.99.